The molecule has 1 aliphatic rings. The number of anilines is 1. The van der Waals surface area contributed by atoms with Gasteiger partial charge in [0, 0.05) is 12.2 Å². The van der Waals surface area contributed by atoms with E-state index in [1.54, 1.807) is 6.20 Å². The predicted octanol–water partition coefficient (Wildman–Crippen LogP) is 0.692. The summed E-state index contributed by atoms with van der Waals surface area (Å²) in [5, 5.41) is 2.81. The Morgan fingerprint density at radius 2 is 2.47 bits per heavy atom. The molecule has 0 radical (unpaired) electrons. The van der Waals surface area contributed by atoms with Gasteiger partial charge in [0.05, 0.1) is 18.6 Å². The highest BCUT2D eigenvalue weighted by atomic mass is 16.5. The third-order valence-electron chi connectivity index (χ3n) is 3.28. The van der Waals surface area contributed by atoms with Crippen molar-refractivity contribution in [1.82, 2.24) is 4.98 Å². The normalized spacial score (nSPS) is 28.1. The lowest BCUT2D eigenvalue weighted by Gasteiger charge is -2.25. The zero-order chi connectivity index (χ0) is 12.5. The largest absolute Gasteiger partial charge is 0.379 e. The number of aryl methyl sites for hydroxylation is 1. The van der Waals surface area contributed by atoms with Crippen molar-refractivity contribution in [2.24, 2.45) is 11.1 Å². The standard InChI is InChI=1S/C12H17N3O2/c1-8-4-3-5-14-10(8)15-11(16)12(2)7-17-6-9(12)13/h3-5,9H,6-7,13H2,1-2H3,(H,14,15,16). The summed E-state index contributed by atoms with van der Waals surface area (Å²) < 4.78 is 5.26. The Bertz CT molecular complexity index is 436. The number of carbonyl (C=O) groups is 1. The fraction of sp³-hybridized carbons (Fsp3) is 0.500. The number of aromatic nitrogens is 1. The van der Waals surface area contributed by atoms with E-state index >= 15 is 0 Å². The number of pyridine rings is 1. The Morgan fingerprint density at radius 1 is 1.71 bits per heavy atom. The molecule has 0 spiro atoms. The maximum Gasteiger partial charge on any atom is 0.235 e. The van der Waals surface area contributed by atoms with Crippen LogP contribution in [0.25, 0.3) is 0 Å². The summed E-state index contributed by atoms with van der Waals surface area (Å²) in [4.78, 5) is 16.3. The Hall–Kier alpha value is -1.46. The topological polar surface area (TPSA) is 77.2 Å². The van der Waals surface area contributed by atoms with E-state index in [-0.39, 0.29) is 11.9 Å². The maximum atomic E-state index is 12.2. The number of ether oxygens (including phenoxy) is 1. The molecule has 5 heteroatoms. The van der Waals surface area contributed by atoms with E-state index in [1.807, 2.05) is 26.0 Å². The van der Waals surface area contributed by atoms with Gasteiger partial charge in [-0.2, -0.15) is 0 Å². The van der Waals surface area contributed by atoms with Crippen LogP contribution in [0.5, 0.6) is 0 Å². The first kappa shape index (κ1) is 12.0. The minimum absolute atomic E-state index is 0.135. The molecule has 5 nitrogen and oxygen atoms in total. The molecule has 0 bridgehead atoms. The lowest BCUT2D eigenvalue weighted by Crippen LogP contribution is -2.47. The van der Waals surface area contributed by atoms with Gasteiger partial charge >= 0.3 is 0 Å². The third-order valence-corrected chi connectivity index (χ3v) is 3.28. The maximum absolute atomic E-state index is 12.2. The molecule has 17 heavy (non-hydrogen) atoms. The van der Waals surface area contributed by atoms with Crippen LogP contribution in [0.2, 0.25) is 0 Å². The average Bonchev–Trinajstić information content (AvgIpc) is 2.64. The highest BCUT2D eigenvalue weighted by Gasteiger charge is 2.44. The van der Waals surface area contributed by atoms with Gasteiger partial charge in [-0.15, -0.1) is 0 Å². The molecule has 2 heterocycles. The van der Waals surface area contributed by atoms with Gasteiger partial charge in [0.25, 0.3) is 0 Å². The second-order valence-electron chi connectivity index (χ2n) is 4.66. The van der Waals surface area contributed by atoms with Crippen LogP contribution in [0, 0.1) is 12.3 Å². The van der Waals surface area contributed by atoms with E-state index in [0.29, 0.717) is 19.0 Å². The number of nitrogens with one attached hydrogen (secondary N) is 1. The smallest absolute Gasteiger partial charge is 0.235 e. The Morgan fingerprint density at radius 3 is 3.06 bits per heavy atom. The minimum atomic E-state index is -0.677. The van der Waals surface area contributed by atoms with Crippen molar-refractivity contribution in [2.75, 3.05) is 18.5 Å². The first-order chi connectivity index (χ1) is 8.04. The third kappa shape index (κ3) is 2.16. The van der Waals surface area contributed by atoms with Crippen molar-refractivity contribution in [1.29, 1.82) is 0 Å². The van der Waals surface area contributed by atoms with E-state index in [0.717, 1.165) is 5.56 Å². The predicted molar refractivity (Wildman–Crippen MR) is 64.5 cm³/mol. The molecule has 92 valence electrons. The van der Waals surface area contributed by atoms with Gasteiger partial charge < -0.3 is 15.8 Å². The highest BCUT2D eigenvalue weighted by Crippen LogP contribution is 2.28. The van der Waals surface area contributed by atoms with E-state index in [1.165, 1.54) is 0 Å². The molecule has 2 unspecified atom stereocenters. The molecule has 0 aromatic carbocycles. The molecule has 1 fully saturated rings. The van der Waals surface area contributed by atoms with Crippen molar-refractivity contribution in [3.05, 3.63) is 23.9 Å². The average molecular weight is 235 g/mol. The first-order valence-corrected chi connectivity index (χ1v) is 5.60. The molecular formula is C12H17N3O2. The van der Waals surface area contributed by atoms with Crippen molar-refractivity contribution in [3.8, 4) is 0 Å². The van der Waals surface area contributed by atoms with Crippen LogP contribution < -0.4 is 11.1 Å². The molecule has 1 aromatic heterocycles. The molecule has 1 aromatic rings. The number of nitrogens with zero attached hydrogens (tertiary/aromatic N) is 1. The van der Waals surface area contributed by atoms with Crippen molar-refractivity contribution < 1.29 is 9.53 Å². The number of amides is 1. The van der Waals surface area contributed by atoms with Crippen LogP contribution in [-0.4, -0.2) is 30.1 Å². The lowest BCUT2D eigenvalue weighted by molar-refractivity contribution is -0.125. The van der Waals surface area contributed by atoms with Gasteiger partial charge in [0.1, 0.15) is 5.82 Å². The van der Waals surface area contributed by atoms with E-state index in [2.05, 4.69) is 10.3 Å². The van der Waals surface area contributed by atoms with Crippen molar-refractivity contribution >= 4 is 11.7 Å². The summed E-state index contributed by atoms with van der Waals surface area (Å²) >= 11 is 0. The van der Waals surface area contributed by atoms with Crippen LogP contribution in [0.15, 0.2) is 18.3 Å². The Kier molecular flexibility index (Phi) is 3.13. The number of rotatable bonds is 2. The van der Waals surface area contributed by atoms with Crippen LogP contribution in [0.4, 0.5) is 5.82 Å². The van der Waals surface area contributed by atoms with E-state index < -0.39 is 5.41 Å². The Labute approximate surface area is 100 Å². The lowest BCUT2D eigenvalue weighted by atomic mass is 9.85. The molecule has 1 saturated heterocycles. The molecule has 1 aliphatic heterocycles. The zero-order valence-electron chi connectivity index (χ0n) is 10.1. The summed E-state index contributed by atoms with van der Waals surface area (Å²) in [6.07, 6.45) is 1.65. The van der Waals surface area contributed by atoms with Crippen molar-refractivity contribution in [3.63, 3.8) is 0 Å². The van der Waals surface area contributed by atoms with E-state index in [4.69, 9.17) is 10.5 Å². The number of hydrogen-bond acceptors (Lipinski definition) is 4. The molecule has 0 aliphatic carbocycles. The summed E-state index contributed by atoms with van der Waals surface area (Å²) in [5.41, 5.74) is 6.15. The van der Waals surface area contributed by atoms with Gasteiger partial charge in [0.2, 0.25) is 5.91 Å². The summed E-state index contributed by atoms with van der Waals surface area (Å²) in [7, 11) is 0. The zero-order valence-corrected chi connectivity index (χ0v) is 10.1. The van der Waals surface area contributed by atoms with Crippen LogP contribution >= 0.6 is 0 Å². The van der Waals surface area contributed by atoms with Gasteiger partial charge in [0.15, 0.2) is 0 Å². The first-order valence-electron chi connectivity index (χ1n) is 5.60. The minimum Gasteiger partial charge on any atom is -0.379 e. The number of nitrogens with two attached hydrogens (primary N) is 1. The quantitative estimate of drug-likeness (QED) is 0.790. The molecule has 3 N–H and O–H groups in total. The van der Waals surface area contributed by atoms with Gasteiger partial charge in [-0.25, -0.2) is 4.98 Å². The molecular weight excluding hydrogens is 218 g/mol. The summed E-state index contributed by atoms with van der Waals surface area (Å²) in [5.74, 6) is 0.446. The fourth-order valence-electron chi connectivity index (χ4n) is 1.79. The SMILES string of the molecule is Cc1cccnc1NC(=O)C1(C)COCC1N. The molecule has 1 amide bonds. The highest BCUT2D eigenvalue weighted by molar-refractivity contribution is 5.95. The van der Waals surface area contributed by atoms with Gasteiger partial charge in [-0.1, -0.05) is 6.07 Å². The second-order valence-corrected chi connectivity index (χ2v) is 4.66. The molecule has 2 atom stereocenters. The molecule has 0 saturated carbocycles. The van der Waals surface area contributed by atoms with Crippen LogP contribution in [0.1, 0.15) is 12.5 Å². The van der Waals surface area contributed by atoms with Crippen molar-refractivity contribution in [2.45, 2.75) is 19.9 Å². The number of carbonyl (C=O) groups excluding carboxylic acids is 1. The summed E-state index contributed by atoms with van der Waals surface area (Å²) in [6.45, 7) is 4.49. The van der Waals surface area contributed by atoms with E-state index in [9.17, 15) is 4.79 Å². The van der Waals surface area contributed by atoms with Crippen LogP contribution in [0.3, 0.4) is 0 Å². The van der Waals surface area contributed by atoms with Gasteiger partial charge in [-0.3, -0.25) is 4.79 Å². The fourth-order valence-corrected chi connectivity index (χ4v) is 1.79. The number of hydrogen-bond donors (Lipinski definition) is 2. The molecule has 2 rings (SSSR count). The summed E-state index contributed by atoms with van der Waals surface area (Å²) in [6, 6.07) is 3.46. The monoisotopic (exact) mass is 235 g/mol. The Balaban J connectivity index is 2.15. The van der Waals surface area contributed by atoms with Gasteiger partial charge in [-0.05, 0) is 25.5 Å². The van der Waals surface area contributed by atoms with Crippen LogP contribution in [-0.2, 0) is 9.53 Å². The second kappa shape index (κ2) is 4.43.